The van der Waals surface area contributed by atoms with E-state index in [2.05, 4.69) is 0 Å². The zero-order valence-corrected chi connectivity index (χ0v) is 18.6. The molecule has 7 nitrogen and oxygen atoms in total. The fourth-order valence-corrected chi connectivity index (χ4v) is 5.52. The molecule has 0 aromatic heterocycles. The van der Waals surface area contributed by atoms with Crippen LogP contribution in [0.3, 0.4) is 0 Å². The fourth-order valence-electron chi connectivity index (χ4n) is 3.75. The van der Waals surface area contributed by atoms with E-state index in [1.807, 2.05) is 0 Å². The number of aliphatic hydroxyl groups is 1. The zero-order valence-electron chi connectivity index (χ0n) is 17.1. The number of aliphatic hydroxyl groups excluding tert-OH is 1. The molecule has 0 radical (unpaired) electrons. The SMILES string of the molecule is O=C(O)Cc1ccc(N2C(=O)C(O)=C(S(=O)(=O)c3ccccc3)[C@H]2c2ccc(Cl)cc2)cc1. The van der Waals surface area contributed by atoms with Gasteiger partial charge in [0.25, 0.3) is 5.91 Å². The Morgan fingerprint density at radius 3 is 2.12 bits per heavy atom. The predicted molar refractivity (Wildman–Crippen MR) is 123 cm³/mol. The lowest BCUT2D eigenvalue weighted by Gasteiger charge is -2.27. The Kier molecular flexibility index (Phi) is 5.97. The van der Waals surface area contributed by atoms with Crippen molar-refractivity contribution in [3.8, 4) is 0 Å². The van der Waals surface area contributed by atoms with E-state index >= 15 is 0 Å². The van der Waals surface area contributed by atoms with Gasteiger partial charge in [0.15, 0.2) is 5.76 Å². The largest absolute Gasteiger partial charge is 0.502 e. The average Bonchev–Trinajstić information content (AvgIpc) is 3.06. The quantitative estimate of drug-likeness (QED) is 0.540. The standard InChI is InChI=1S/C24H18ClNO6S/c25-17-10-8-16(9-11-17)21-23(33(31,32)19-4-2-1-3-5-19)22(29)24(30)26(21)18-12-6-15(7-13-18)14-20(27)28/h1-13,21,29H,14H2,(H,27,28)/t21-/m1/s1. The van der Waals surface area contributed by atoms with Crippen LogP contribution in [0.25, 0.3) is 0 Å². The van der Waals surface area contributed by atoms with Crippen LogP contribution in [0.5, 0.6) is 0 Å². The van der Waals surface area contributed by atoms with Gasteiger partial charge in [-0.25, -0.2) is 8.42 Å². The first-order valence-electron chi connectivity index (χ1n) is 9.83. The highest BCUT2D eigenvalue weighted by molar-refractivity contribution is 7.95. The molecule has 1 heterocycles. The van der Waals surface area contributed by atoms with Gasteiger partial charge in [0.1, 0.15) is 10.9 Å². The molecule has 9 heteroatoms. The maximum Gasteiger partial charge on any atom is 0.307 e. The minimum Gasteiger partial charge on any atom is -0.502 e. The van der Waals surface area contributed by atoms with Gasteiger partial charge >= 0.3 is 5.97 Å². The maximum absolute atomic E-state index is 13.5. The molecule has 168 valence electrons. The van der Waals surface area contributed by atoms with E-state index < -0.39 is 38.4 Å². The number of hydrogen-bond acceptors (Lipinski definition) is 5. The minimum absolute atomic E-state index is 0.0584. The van der Waals surface area contributed by atoms with Gasteiger partial charge < -0.3 is 10.2 Å². The molecule has 0 unspecified atom stereocenters. The van der Waals surface area contributed by atoms with Crippen molar-refractivity contribution in [3.63, 3.8) is 0 Å². The first-order valence-corrected chi connectivity index (χ1v) is 11.7. The number of halogens is 1. The van der Waals surface area contributed by atoms with Crippen molar-refractivity contribution in [2.45, 2.75) is 17.4 Å². The van der Waals surface area contributed by atoms with E-state index in [-0.39, 0.29) is 11.3 Å². The number of nitrogens with zero attached hydrogens (tertiary/aromatic N) is 1. The second-order valence-electron chi connectivity index (χ2n) is 7.40. The second-order valence-corrected chi connectivity index (χ2v) is 9.75. The Hall–Kier alpha value is -3.62. The van der Waals surface area contributed by atoms with Crippen LogP contribution in [0.1, 0.15) is 17.2 Å². The van der Waals surface area contributed by atoms with E-state index in [4.69, 9.17) is 16.7 Å². The van der Waals surface area contributed by atoms with Gasteiger partial charge in [-0.2, -0.15) is 0 Å². The highest BCUT2D eigenvalue weighted by Gasteiger charge is 2.47. The molecule has 1 aliphatic rings. The molecule has 1 amide bonds. The summed E-state index contributed by atoms with van der Waals surface area (Å²) in [6, 6.07) is 18.8. The Bertz CT molecular complexity index is 1350. The van der Waals surface area contributed by atoms with E-state index in [0.717, 1.165) is 0 Å². The zero-order chi connectivity index (χ0) is 23.8. The Morgan fingerprint density at radius 1 is 0.939 bits per heavy atom. The van der Waals surface area contributed by atoms with Gasteiger partial charge in [0.2, 0.25) is 9.84 Å². The molecule has 0 saturated heterocycles. The monoisotopic (exact) mass is 483 g/mol. The van der Waals surface area contributed by atoms with Crippen molar-refractivity contribution in [2.75, 3.05) is 4.90 Å². The molecule has 2 N–H and O–H groups in total. The van der Waals surface area contributed by atoms with Crippen LogP contribution >= 0.6 is 11.6 Å². The molecule has 33 heavy (non-hydrogen) atoms. The van der Waals surface area contributed by atoms with Crippen molar-refractivity contribution >= 4 is 39.0 Å². The third-order valence-electron chi connectivity index (χ3n) is 5.26. The molecule has 1 aliphatic heterocycles. The number of aliphatic carboxylic acids is 1. The summed E-state index contributed by atoms with van der Waals surface area (Å²) in [6.07, 6.45) is -0.202. The summed E-state index contributed by atoms with van der Waals surface area (Å²) in [7, 11) is -4.24. The number of anilines is 1. The summed E-state index contributed by atoms with van der Waals surface area (Å²) in [4.78, 5) is 24.8. The number of carboxylic acid groups (broad SMARTS) is 1. The van der Waals surface area contributed by atoms with Crippen molar-refractivity contribution < 1.29 is 28.2 Å². The van der Waals surface area contributed by atoms with E-state index in [0.29, 0.717) is 21.8 Å². The van der Waals surface area contributed by atoms with Crippen LogP contribution in [0.4, 0.5) is 5.69 Å². The van der Waals surface area contributed by atoms with Crippen molar-refractivity contribution in [2.24, 2.45) is 0 Å². The number of carbonyl (C=O) groups excluding carboxylic acids is 1. The highest BCUT2D eigenvalue weighted by Crippen LogP contribution is 2.44. The van der Waals surface area contributed by atoms with Gasteiger partial charge in [-0.3, -0.25) is 14.5 Å². The lowest BCUT2D eigenvalue weighted by molar-refractivity contribution is -0.136. The Labute approximate surface area is 195 Å². The first kappa shape index (κ1) is 22.6. The molecular formula is C24H18ClNO6S. The molecule has 4 rings (SSSR count). The lowest BCUT2D eigenvalue weighted by atomic mass is 10.1. The van der Waals surface area contributed by atoms with E-state index in [9.17, 15) is 23.1 Å². The summed E-state index contributed by atoms with van der Waals surface area (Å²) in [5, 5.41) is 20.2. The molecule has 0 saturated carbocycles. The Balaban J connectivity index is 1.87. The second kappa shape index (κ2) is 8.73. The van der Waals surface area contributed by atoms with Crippen molar-refractivity contribution in [1.29, 1.82) is 0 Å². The summed E-state index contributed by atoms with van der Waals surface area (Å²) in [5.74, 6) is -2.75. The topological polar surface area (TPSA) is 112 Å². The van der Waals surface area contributed by atoms with Crippen molar-refractivity contribution in [3.05, 3.63) is 106 Å². The third-order valence-corrected chi connectivity index (χ3v) is 7.40. The third kappa shape index (κ3) is 4.22. The van der Waals surface area contributed by atoms with Crippen LogP contribution in [-0.2, 0) is 25.8 Å². The number of sulfone groups is 1. The molecule has 1 atom stereocenters. The number of amides is 1. The van der Waals surface area contributed by atoms with Crippen LogP contribution in [0, 0.1) is 0 Å². The predicted octanol–water partition coefficient (Wildman–Crippen LogP) is 4.30. The first-order chi connectivity index (χ1) is 15.7. The molecule has 3 aromatic rings. The summed E-state index contributed by atoms with van der Waals surface area (Å²) in [6.45, 7) is 0. The van der Waals surface area contributed by atoms with Crippen LogP contribution in [-0.4, -0.2) is 30.5 Å². The summed E-state index contributed by atoms with van der Waals surface area (Å²) in [5.41, 5.74) is 1.25. The van der Waals surface area contributed by atoms with Gasteiger partial charge in [-0.05, 0) is 47.5 Å². The summed E-state index contributed by atoms with van der Waals surface area (Å²) < 4.78 is 27.0. The Morgan fingerprint density at radius 2 is 1.55 bits per heavy atom. The van der Waals surface area contributed by atoms with Gasteiger partial charge in [-0.1, -0.05) is 54.1 Å². The van der Waals surface area contributed by atoms with Gasteiger partial charge in [-0.15, -0.1) is 0 Å². The number of rotatable bonds is 6. The number of hydrogen-bond donors (Lipinski definition) is 2. The number of benzene rings is 3. The minimum atomic E-state index is -4.24. The molecule has 3 aromatic carbocycles. The van der Waals surface area contributed by atoms with E-state index in [1.54, 1.807) is 42.5 Å². The molecule has 0 aliphatic carbocycles. The van der Waals surface area contributed by atoms with Gasteiger partial charge in [0, 0.05) is 10.7 Å². The fraction of sp³-hybridized carbons (Fsp3) is 0.0833. The maximum atomic E-state index is 13.5. The smallest absolute Gasteiger partial charge is 0.307 e. The van der Waals surface area contributed by atoms with Crippen molar-refractivity contribution in [1.82, 2.24) is 0 Å². The molecular weight excluding hydrogens is 466 g/mol. The normalized spacial score (nSPS) is 16.3. The van der Waals surface area contributed by atoms with E-state index in [1.165, 1.54) is 41.3 Å². The number of carboxylic acids is 1. The molecule has 0 spiro atoms. The van der Waals surface area contributed by atoms with Crippen LogP contribution < -0.4 is 4.90 Å². The lowest BCUT2D eigenvalue weighted by Crippen LogP contribution is -2.31. The molecule has 0 bridgehead atoms. The van der Waals surface area contributed by atoms with Gasteiger partial charge in [0.05, 0.1) is 11.3 Å². The molecule has 0 fully saturated rings. The highest BCUT2D eigenvalue weighted by atomic mass is 35.5. The number of carbonyl (C=O) groups is 2. The average molecular weight is 484 g/mol. The summed E-state index contributed by atoms with van der Waals surface area (Å²) >= 11 is 6.00. The van der Waals surface area contributed by atoms with Crippen LogP contribution in [0.15, 0.2) is 94.4 Å². The van der Waals surface area contributed by atoms with Crippen LogP contribution in [0.2, 0.25) is 5.02 Å².